The van der Waals surface area contributed by atoms with Crippen molar-refractivity contribution in [3.63, 3.8) is 0 Å². The summed E-state index contributed by atoms with van der Waals surface area (Å²) in [7, 11) is 0. The maximum Gasteiger partial charge on any atom is 0.317 e. The summed E-state index contributed by atoms with van der Waals surface area (Å²) in [5, 5.41) is 13.9. The standard InChI is InChI=1S/C22H16N6O2/c29-20-19(26-22-28-27-21(30-22)15-10-12-23-13-11-15)25-18(14-6-2-1-3-7-14)16-8-4-5-9-17(16)24-20/h1-13,19H,(H,24,29)(H,26,28)/t19-/m1/s1. The zero-order valence-electron chi connectivity index (χ0n) is 15.7. The molecule has 4 aromatic rings. The Balaban J connectivity index is 1.51. The second-order valence-electron chi connectivity index (χ2n) is 6.57. The van der Waals surface area contributed by atoms with Gasteiger partial charge in [-0.3, -0.25) is 9.78 Å². The van der Waals surface area contributed by atoms with Gasteiger partial charge in [-0.25, -0.2) is 4.99 Å². The molecule has 30 heavy (non-hydrogen) atoms. The van der Waals surface area contributed by atoms with Gasteiger partial charge in [-0.15, -0.1) is 5.10 Å². The van der Waals surface area contributed by atoms with Gasteiger partial charge in [-0.05, 0) is 18.2 Å². The van der Waals surface area contributed by atoms with Crippen molar-refractivity contribution in [3.05, 3.63) is 90.3 Å². The van der Waals surface area contributed by atoms with Crippen molar-refractivity contribution >= 4 is 23.3 Å². The number of carbonyl (C=O) groups excluding carboxylic acids is 1. The molecule has 146 valence electrons. The van der Waals surface area contributed by atoms with Crippen LogP contribution in [0.25, 0.3) is 11.5 Å². The number of hydrogen-bond acceptors (Lipinski definition) is 7. The lowest BCUT2D eigenvalue weighted by molar-refractivity contribution is -0.116. The first-order valence-electron chi connectivity index (χ1n) is 9.32. The fraction of sp³-hybridized carbons (Fsp3) is 0.0455. The summed E-state index contributed by atoms with van der Waals surface area (Å²) in [6.07, 6.45) is 2.33. The normalized spacial score (nSPS) is 15.5. The molecule has 2 N–H and O–H groups in total. The van der Waals surface area contributed by atoms with E-state index in [4.69, 9.17) is 9.41 Å². The zero-order valence-corrected chi connectivity index (χ0v) is 15.7. The molecule has 1 amide bonds. The van der Waals surface area contributed by atoms with Crippen LogP contribution in [-0.4, -0.2) is 33.0 Å². The fourth-order valence-corrected chi connectivity index (χ4v) is 3.19. The van der Waals surface area contributed by atoms with Gasteiger partial charge < -0.3 is 15.1 Å². The maximum atomic E-state index is 12.9. The molecule has 0 bridgehead atoms. The number of aromatic nitrogens is 3. The van der Waals surface area contributed by atoms with Gasteiger partial charge in [-0.1, -0.05) is 53.6 Å². The molecule has 0 fully saturated rings. The maximum absolute atomic E-state index is 12.9. The number of para-hydroxylation sites is 1. The molecule has 0 saturated carbocycles. The van der Waals surface area contributed by atoms with E-state index in [0.717, 1.165) is 16.7 Å². The molecule has 0 radical (unpaired) electrons. The van der Waals surface area contributed by atoms with Crippen molar-refractivity contribution in [1.82, 2.24) is 15.2 Å². The molecule has 1 atom stereocenters. The number of nitrogens with zero attached hydrogens (tertiary/aromatic N) is 4. The molecule has 0 saturated heterocycles. The number of benzodiazepines with no additional fused rings is 1. The van der Waals surface area contributed by atoms with E-state index in [1.54, 1.807) is 24.5 Å². The quantitative estimate of drug-likeness (QED) is 0.548. The summed E-state index contributed by atoms with van der Waals surface area (Å²) >= 11 is 0. The topological polar surface area (TPSA) is 105 Å². The number of amides is 1. The third-order valence-electron chi connectivity index (χ3n) is 4.61. The predicted octanol–water partition coefficient (Wildman–Crippen LogP) is 3.36. The molecule has 1 aliphatic rings. The SMILES string of the molecule is O=C1Nc2ccccc2C(c2ccccc2)=N[C@@H]1Nc1nnc(-c2ccncc2)o1. The van der Waals surface area contributed by atoms with Crippen LogP contribution in [0, 0.1) is 0 Å². The third kappa shape index (κ3) is 3.42. The molecule has 2 aromatic heterocycles. The molecule has 2 aromatic carbocycles. The number of anilines is 2. The highest BCUT2D eigenvalue weighted by molar-refractivity contribution is 6.19. The van der Waals surface area contributed by atoms with E-state index in [0.29, 0.717) is 17.3 Å². The Bertz CT molecular complexity index is 1220. The number of carbonyl (C=O) groups is 1. The number of aliphatic imine (C=N–C) groups is 1. The molecule has 3 heterocycles. The van der Waals surface area contributed by atoms with Crippen LogP contribution in [0.1, 0.15) is 11.1 Å². The Labute approximate surface area is 171 Å². The molecular formula is C22H16N6O2. The Kier molecular flexibility index (Phi) is 4.49. The smallest absolute Gasteiger partial charge is 0.317 e. The van der Waals surface area contributed by atoms with Gasteiger partial charge in [0.15, 0.2) is 0 Å². The van der Waals surface area contributed by atoms with E-state index in [1.165, 1.54) is 0 Å². The van der Waals surface area contributed by atoms with Crippen LogP contribution < -0.4 is 10.6 Å². The van der Waals surface area contributed by atoms with Gasteiger partial charge in [0.1, 0.15) is 0 Å². The zero-order chi connectivity index (χ0) is 20.3. The van der Waals surface area contributed by atoms with Gasteiger partial charge in [-0.2, -0.15) is 0 Å². The van der Waals surface area contributed by atoms with E-state index >= 15 is 0 Å². The van der Waals surface area contributed by atoms with E-state index < -0.39 is 6.17 Å². The summed E-state index contributed by atoms with van der Waals surface area (Å²) in [5.41, 5.74) is 3.85. The Morgan fingerprint density at radius 1 is 0.867 bits per heavy atom. The van der Waals surface area contributed by atoms with Crippen LogP contribution in [0.3, 0.4) is 0 Å². The largest absolute Gasteiger partial charge is 0.403 e. The molecule has 0 aliphatic carbocycles. The van der Waals surface area contributed by atoms with Crippen LogP contribution in [0.4, 0.5) is 11.7 Å². The van der Waals surface area contributed by atoms with Crippen molar-refractivity contribution in [1.29, 1.82) is 0 Å². The van der Waals surface area contributed by atoms with Crippen molar-refractivity contribution in [2.24, 2.45) is 4.99 Å². The van der Waals surface area contributed by atoms with Gasteiger partial charge in [0.05, 0.1) is 11.4 Å². The highest BCUT2D eigenvalue weighted by Crippen LogP contribution is 2.25. The minimum absolute atomic E-state index is 0.101. The molecule has 0 spiro atoms. The number of pyridine rings is 1. The average Bonchev–Trinajstić information content (AvgIpc) is 3.21. The fourth-order valence-electron chi connectivity index (χ4n) is 3.19. The molecular weight excluding hydrogens is 380 g/mol. The number of fused-ring (bicyclic) bond motifs is 1. The van der Waals surface area contributed by atoms with E-state index in [2.05, 4.69) is 25.8 Å². The van der Waals surface area contributed by atoms with Gasteiger partial charge in [0.25, 0.3) is 5.91 Å². The van der Waals surface area contributed by atoms with Gasteiger partial charge in [0.2, 0.25) is 12.1 Å². The summed E-state index contributed by atoms with van der Waals surface area (Å²) in [6.45, 7) is 0. The number of hydrogen-bond donors (Lipinski definition) is 2. The lowest BCUT2D eigenvalue weighted by Crippen LogP contribution is -2.32. The summed E-state index contributed by atoms with van der Waals surface area (Å²) in [6, 6.07) is 20.9. The minimum Gasteiger partial charge on any atom is -0.403 e. The van der Waals surface area contributed by atoms with E-state index in [9.17, 15) is 4.79 Å². The molecule has 8 nitrogen and oxygen atoms in total. The first-order valence-corrected chi connectivity index (χ1v) is 9.32. The van der Waals surface area contributed by atoms with Crippen LogP contribution in [-0.2, 0) is 4.79 Å². The van der Waals surface area contributed by atoms with Gasteiger partial charge in [0, 0.05) is 29.1 Å². The van der Waals surface area contributed by atoms with Crippen LogP contribution in [0.15, 0.2) is 88.5 Å². The lowest BCUT2D eigenvalue weighted by atomic mass is 10.0. The summed E-state index contributed by atoms with van der Waals surface area (Å²) in [4.78, 5) is 21.5. The Hall–Kier alpha value is -4.33. The third-order valence-corrected chi connectivity index (χ3v) is 4.61. The van der Waals surface area contributed by atoms with Crippen LogP contribution in [0.5, 0.6) is 0 Å². The first-order chi connectivity index (χ1) is 14.8. The predicted molar refractivity (Wildman–Crippen MR) is 112 cm³/mol. The van der Waals surface area contributed by atoms with Crippen molar-refractivity contribution in [2.75, 3.05) is 10.6 Å². The number of rotatable bonds is 4. The van der Waals surface area contributed by atoms with Crippen LogP contribution in [0.2, 0.25) is 0 Å². The molecule has 0 unspecified atom stereocenters. The monoisotopic (exact) mass is 396 g/mol. The Morgan fingerprint density at radius 3 is 2.47 bits per heavy atom. The summed E-state index contributed by atoms with van der Waals surface area (Å²) in [5.74, 6) is 0.00141. The van der Waals surface area contributed by atoms with Crippen molar-refractivity contribution in [2.45, 2.75) is 6.17 Å². The highest BCUT2D eigenvalue weighted by Gasteiger charge is 2.27. The molecule has 1 aliphatic heterocycles. The second kappa shape index (κ2) is 7.59. The lowest BCUT2D eigenvalue weighted by Gasteiger charge is -2.11. The molecule has 5 rings (SSSR count). The Morgan fingerprint density at radius 2 is 1.63 bits per heavy atom. The van der Waals surface area contributed by atoms with Crippen molar-refractivity contribution in [3.8, 4) is 11.5 Å². The average molecular weight is 396 g/mol. The minimum atomic E-state index is -0.946. The number of nitrogens with one attached hydrogen (secondary N) is 2. The van der Waals surface area contributed by atoms with Crippen LogP contribution >= 0.6 is 0 Å². The van der Waals surface area contributed by atoms with E-state index in [1.807, 2.05) is 54.6 Å². The van der Waals surface area contributed by atoms with E-state index in [-0.39, 0.29) is 11.9 Å². The molecule has 8 heteroatoms. The van der Waals surface area contributed by atoms with Crippen molar-refractivity contribution < 1.29 is 9.21 Å². The second-order valence-corrected chi connectivity index (χ2v) is 6.57. The number of benzene rings is 2. The highest BCUT2D eigenvalue weighted by atomic mass is 16.4. The van der Waals surface area contributed by atoms with Gasteiger partial charge >= 0.3 is 6.01 Å². The first kappa shape index (κ1) is 17.7. The summed E-state index contributed by atoms with van der Waals surface area (Å²) < 4.78 is 5.67.